The molecule has 0 aromatic heterocycles. The second-order valence-corrected chi connectivity index (χ2v) is 4.31. The summed E-state index contributed by atoms with van der Waals surface area (Å²) in [6.45, 7) is 2.09. The lowest BCUT2D eigenvalue weighted by Crippen LogP contribution is -2.36. The van der Waals surface area contributed by atoms with Crippen molar-refractivity contribution in [2.75, 3.05) is 13.2 Å². The molecular weight excluding hydrogens is 210 g/mol. The van der Waals surface area contributed by atoms with Crippen molar-refractivity contribution in [2.45, 2.75) is 26.2 Å². The van der Waals surface area contributed by atoms with E-state index >= 15 is 0 Å². The van der Waals surface area contributed by atoms with Gasteiger partial charge in [-0.3, -0.25) is 9.59 Å². The van der Waals surface area contributed by atoms with Gasteiger partial charge < -0.3 is 15.5 Å². The zero-order valence-corrected chi connectivity index (χ0v) is 9.48. The highest BCUT2D eigenvalue weighted by atomic mass is 16.4. The average Bonchev–Trinajstić information content (AvgIpc) is 2.70. The summed E-state index contributed by atoms with van der Waals surface area (Å²) in [6.07, 6.45) is 2.14. The van der Waals surface area contributed by atoms with Gasteiger partial charge in [-0.05, 0) is 18.8 Å². The fourth-order valence-corrected chi connectivity index (χ4v) is 2.35. The number of carbonyl (C=O) groups is 2. The normalized spacial score (nSPS) is 29.0. The number of carboxylic acid groups (broad SMARTS) is 1. The van der Waals surface area contributed by atoms with E-state index in [0.717, 1.165) is 6.42 Å². The Bertz CT molecular complexity index is 267. The van der Waals surface area contributed by atoms with Gasteiger partial charge in [0.2, 0.25) is 5.91 Å². The molecule has 0 bridgehead atoms. The molecule has 1 unspecified atom stereocenters. The molecule has 0 saturated heterocycles. The lowest BCUT2D eigenvalue weighted by atomic mass is 9.95. The van der Waals surface area contributed by atoms with Crippen molar-refractivity contribution in [3.8, 4) is 0 Å². The van der Waals surface area contributed by atoms with Gasteiger partial charge in [-0.1, -0.05) is 13.3 Å². The SMILES string of the molecule is CCC1C[C@H](C(=O)NCCO)[C@H](C(=O)O)C1. The first-order valence-corrected chi connectivity index (χ1v) is 5.71. The smallest absolute Gasteiger partial charge is 0.307 e. The van der Waals surface area contributed by atoms with Crippen LogP contribution < -0.4 is 5.32 Å². The number of carbonyl (C=O) groups excluding carboxylic acids is 1. The topological polar surface area (TPSA) is 86.6 Å². The highest BCUT2D eigenvalue weighted by molar-refractivity contribution is 5.85. The molecular formula is C11H19NO4. The Labute approximate surface area is 94.8 Å². The van der Waals surface area contributed by atoms with E-state index < -0.39 is 17.8 Å². The number of amides is 1. The molecule has 1 fully saturated rings. The molecule has 1 amide bonds. The maximum Gasteiger partial charge on any atom is 0.307 e. The Balaban J connectivity index is 2.61. The minimum atomic E-state index is -0.889. The number of hydrogen-bond acceptors (Lipinski definition) is 3. The molecule has 92 valence electrons. The van der Waals surface area contributed by atoms with Crippen molar-refractivity contribution >= 4 is 11.9 Å². The molecule has 0 aromatic rings. The minimum absolute atomic E-state index is 0.118. The number of aliphatic hydroxyl groups excluding tert-OH is 1. The van der Waals surface area contributed by atoms with Gasteiger partial charge in [0.05, 0.1) is 18.4 Å². The molecule has 0 aromatic carbocycles. The third-order valence-electron chi connectivity index (χ3n) is 3.30. The van der Waals surface area contributed by atoms with Gasteiger partial charge in [-0.25, -0.2) is 0 Å². The molecule has 0 spiro atoms. The summed E-state index contributed by atoms with van der Waals surface area (Å²) >= 11 is 0. The fraction of sp³-hybridized carbons (Fsp3) is 0.818. The van der Waals surface area contributed by atoms with Gasteiger partial charge in [0.1, 0.15) is 0 Å². The van der Waals surface area contributed by atoms with Crippen molar-refractivity contribution in [3.05, 3.63) is 0 Å². The van der Waals surface area contributed by atoms with E-state index in [9.17, 15) is 9.59 Å². The van der Waals surface area contributed by atoms with Gasteiger partial charge in [0.25, 0.3) is 0 Å². The van der Waals surface area contributed by atoms with Crippen LogP contribution in [0.25, 0.3) is 0 Å². The van der Waals surface area contributed by atoms with E-state index in [0.29, 0.717) is 18.8 Å². The van der Waals surface area contributed by atoms with E-state index in [4.69, 9.17) is 10.2 Å². The Morgan fingerprint density at radius 2 is 1.94 bits per heavy atom. The van der Waals surface area contributed by atoms with Gasteiger partial charge in [-0.2, -0.15) is 0 Å². The first-order chi connectivity index (χ1) is 7.60. The van der Waals surface area contributed by atoms with Crippen LogP contribution in [-0.2, 0) is 9.59 Å². The van der Waals surface area contributed by atoms with Crippen LogP contribution in [0.2, 0.25) is 0 Å². The number of aliphatic hydroxyl groups is 1. The molecule has 3 atom stereocenters. The minimum Gasteiger partial charge on any atom is -0.481 e. The second kappa shape index (κ2) is 5.84. The zero-order valence-electron chi connectivity index (χ0n) is 9.48. The van der Waals surface area contributed by atoms with E-state index in [1.54, 1.807) is 0 Å². The zero-order chi connectivity index (χ0) is 12.1. The number of nitrogens with one attached hydrogen (secondary N) is 1. The Morgan fingerprint density at radius 3 is 2.44 bits per heavy atom. The van der Waals surface area contributed by atoms with Crippen LogP contribution in [0.5, 0.6) is 0 Å². The first-order valence-electron chi connectivity index (χ1n) is 5.71. The molecule has 1 rings (SSSR count). The van der Waals surface area contributed by atoms with Crippen LogP contribution >= 0.6 is 0 Å². The van der Waals surface area contributed by atoms with Crippen molar-refractivity contribution in [1.29, 1.82) is 0 Å². The molecule has 1 aliphatic rings. The standard InChI is InChI=1S/C11H19NO4/c1-2-7-5-8(9(6-7)11(15)16)10(14)12-3-4-13/h7-9,13H,2-6H2,1H3,(H,12,14)(H,15,16)/t7?,8-,9+/m0/s1. The third kappa shape index (κ3) is 2.95. The Hall–Kier alpha value is -1.10. The van der Waals surface area contributed by atoms with Crippen LogP contribution in [0, 0.1) is 17.8 Å². The molecule has 5 nitrogen and oxygen atoms in total. The molecule has 1 saturated carbocycles. The lowest BCUT2D eigenvalue weighted by molar-refractivity contribution is -0.146. The van der Waals surface area contributed by atoms with E-state index in [1.807, 2.05) is 6.92 Å². The second-order valence-electron chi connectivity index (χ2n) is 4.31. The molecule has 0 aliphatic heterocycles. The van der Waals surface area contributed by atoms with Crippen LogP contribution in [0.15, 0.2) is 0 Å². The molecule has 5 heteroatoms. The maximum absolute atomic E-state index is 11.7. The van der Waals surface area contributed by atoms with Crippen LogP contribution in [-0.4, -0.2) is 35.2 Å². The molecule has 0 heterocycles. The summed E-state index contributed by atoms with van der Waals surface area (Å²) in [5.74, 6) is -1.80. The molecule has 1 aliphatic carbocycles. The van der Waals surface area contributed by atoms with E-state index in [1.165, 1.54) is 0 Å². The molecule has 16 heavy (non-hydrogen) atoms. The van der Waals surface area contributed by atoms with Crippen LogP contribution in [0.1, 0.15) is 26.2 Å². The largest absolute Gasteiger partial charge is 0.481 e. The summed E-state index contributed by atoms with van der Waals surface area (Å²) in [5.41, 5.74) is 0. The fourth-order valence-electron chi connectivity index (χ4n) is 2.35. The van der Waals surface area contributed by atoms with Crippen LogP contribution in [0.4, 0.5) is 0 Å². The maximum atomic E-state index is 11.7. The van der Waals surface area contributed by atoms with Crippen molar-refractivity contribution in [1.82, 2.24) is 5.32 Å². The quantitative estimate of drug-likeness (QED) is 0.630. The summed E-state index contributed by atoms with van der Waals surface area (Å²) in [7, 11) is 0. The average molecular weight is 229 g/mol. The van der Waals surface area contributed by atoms with Crippen molar-refractivity contribution in [2.24, 2.45) is 17.8 Å². The number of hydrogen-bond donors (Lipinski definition) is 3. The van der Waals surface area contributed by atoms with Gasteiger partial charge in [-0.15, -0.1) is 0 Å². The number of carboxylic acids is 1. The van der Waals surface area contributed by atoms with Gasteiger partial charge in [0, 0.05) is 6.54 Å². The summed E-state index contributed by atoms with van der Waals surface area (Å²) in [4.78, 5) is 22.7. The summed E-state index contributed by atoms with van der Waals surface area (Å²) in [6, 6.07) is 0. The van der Waals surface area contributed by atoms with Gasteiger partial charge in [0.15, 0.2) is 0 Å². The lowest BCUT2D eigenvalue weighted by Gasteiger charge is -2.14. The van der Waals surface area contributed by atoms with Crippen molar-refractivity contribution < 1.29 is 19.8 Å². The Morgan fingerprint density at radius 1 is 1.31 bits per heavy atom. The number of aliphatic carboxylic acids is 1. The van der Waals surface area contributed by atoms with Gasteiger partial charge >= 0.3 is 5.97 Å². The monoisotopic (exact) mass is 229 g/mol. The molecule has 3 N–H and O–H groups in total. The van der Waals surface area contributed by atoms with E-state index in [2.05, 4.69) is 5.32 Å². The predicted molar refractivity (Wildman–Crippen MR) is 57.7 cm³/mol. The third-order valence-corrected chi connectivity index (χ3v) is 3.30. The highest BCUT2D eigenvalue weighted by Gasteiger charge is 2.41. The van der Waals surface area contributed by atoms with Crippen LogP contribution in [0.3, 0.4) is 0 Å². The number of rotatable bonds is 5. The highest BCUT2D eigenvalue weighted by Crippen LogP contribution is 2.38. The van der Waals surface area contributed by atoms with Crippen molar-refractivity contribution in [3.63, 3.8) is 0 Å². The van der Waals surface area contributed by atoms with E-state index in [-0.39, 0.29) is 19.1 Å². The summed E-state index contributed by atoms with van der Waals surface area (Å²) < 4.78 is 0. The first kappa shape index (κ1) is 13.0. The summed E-state index contributed by atoms with van der Waals surface area (Å²) in [5, 5.41) is 20.2. The molecule has 0 radical (unpaired) electrons. The Kier molecular flexibility index (Phi) is 4.73. The predicted octanol–water partition coefficient (Wildman–Crippen LogP) is 0.232.